The van der Waals surface area contributed by atoms with Gasteiger partial charge in [-0.3, -0.25) is 4.79 Å². The first-order valence-corrected chi connectivity index (χ1v) is 5.44. The zero-order valence-corrected chi connectivity index (χ0v) is 10.4. The highest BCUT2D eigenvalue weighted by Crippen LogP contribution is 2.31. The molecular formula is C8H4ClF3INO2. The van der Waals surface area contributed by atoms with Crippen molar-refractivity contribution in [1.82, 2.24) is 4.98 Å². The van der Waals surface area contributed by atoms with E-state index in [-0.39, 0.29) is 27.0 Å². The minimum Gasteiger partial charge on any atom is -0.405 e. The molecule has 0 amide bonds. The summed E-state index contributed by atoms with van der Waals surface area (Å²) < 4.78 is 40.2. The van der Waals surface area contributed by atoms with Gasteiger partial charge in [-0.25, -0.2) is 4.98 Å². The molecule has 88 valence electrons. The molecule has 0 spiro atoms. The van der Waals surface area contributed by atoms with Gasteiger partial charge >= 0.3 is 6.36 Å². The van der Waals surface area contributed by atoms with Crippen molar-refractivity contribution in [3.05, 3.63) is 21.0 Å². The smallest absolute Gasteiger partial charge is 0.405 e. The minimum atomic E-state index is -4.87. The van der Waals surface area contributed by atoms with E-state index in [1.165, 1.54) is 0 Å². The molecule has 1 rings (SSSR count). The van der Waals surface area contributed by atoms with Gasteiger partial charge in [0, 0.05) is 11.8 Å². The Morgan fingerprint density at radius 3 is 2.62 bits per heavy atom. The van der Waals surface area contributed by atoms with E-state index < -0.39 is 12.1 Å². The quantitative estimate of drug-likeness (QED) is 0.358. The molecule has 8 heteroatoms. The zero-order chi connectivity index (χ0) is 12.3. The molecule has 0 aliphatic rings. The van der Waals surface area contributed by atoms with Crippen LogP contribution in [0, 0.1) is 3.70 Å². The van der Waals surface area contributed by atoms with Crippen LogP contribution in [0.25, 0.3) is 0 Å². The largest absolute Gasteiger partial charge is 0.573 e. The summed E-state index contributed by atoms with van der Waals surface area (Å²) >= 11 is 7.07. The number of aromatic nitrogens is 1. The van der Waals surface area contributed by atoms with E-state index in [1.807, 2.05) is 0 Å². The summed E-state index contributed by atoms with van der Waals surface area (Å²) in [7, 11) is 0. The molecule has 0 bridgehead atoms. The molecule has 0 fully saturated rings. The number of rotatable bonds is 3. The van der Waals surface area contributed by atoms with Gasteiger partial charge in [0.05, 0.1) is 11.4 Å². The molecule has 0 N–H and O–H groups in total. The lowest BCUT2D eigenvalue weighted by atomic mass is 10.2. The summed E-state index contributed by atoms with van der Waals surface area (Å²) in [6, 6.07) is 0. The second-order valence-electron chi connectivity index (χ2n) is 2.62. The van der Waals surface area contributed by atoms with E-state index in [2.05, 4.69) is 9.72 Å². The van der Waals surface area contributed by atoms with Crippen LogP contribution >= 0.6 is 34.2 Å². The van der Waals surface area contributed by atoms with Gasteiger partial charge in [0.1, 0.15) is 9.45 Å². The monoisotopic (exact) mass is 365 g/mol. The summed E-state index contributed by atoms with van der Waals surface area (Å²) in [5, 5.41) is 0. The predicted molar refractivity (Wildman–Crippen MR) is 58.6 cm³/mol. The standard InChI is InChI=1S/C8H4ClF3INO2/c9-1-4-2-14-7(13)5(3-15)6(4)16-8(10,11)12/h2-3H,1H2. The number of nitrogens with zero attached hydrogens (tertiary/aromatic N) is 1. The van der Waals surface area contributed by atoms with Crippen LogP contribution in [-0.2, 0) is 5.88 Å². The highest BCUT2D eigenvalue weighted by Gasteiger charge is 2.33. The van der Waals surface area contributed by atoms with E-state index in [0.717, 1.165) is 6.20 Å². The number of pyridine rings is 1. The van der Waals surface area contributed by atoms with E-state index in [1.54, 1.807) is 22.6 Å². The molecule has 1 aromatic heterocycles. The average Bonchev–Trinajstić information content (AvgIpc) is 2.16. The zero-order valence-electron chi connectivity index (χ0n) is 7.52. The lowest BCUT2D eigenvalue weighted by Crippen LogP contribution is -2.19. The Kier molecular flexibility index (Phi) is 4.36. The number of carbonyl (C=O) groups is 1. The third-order valence-corrected chi connectivity index (χ3v) is 2.72. The highest BCUT2D eigenvalue weighted by molar-refractivity contribution is 14.1. The van der Waals surface area contributed by atoms with Gasteiger partial charge in [0.15, 0.2) is 6.29 Å². The fourth-order valence-electron chi connectivity index (χ4n) is 0.963. The predicted octanol–water partition coefficient (Wildman–Crippen LogP) is 3.14. The number of aldehydes is 1. The van der Waals surface area contributed by atoms with Crippen LogP contribution in [0.1, 0.15) is 15.9 Å². The topological polar surface area (TPSA) is 39.2 Å². The van der Waals surface area contributed by atoms with Crippen molar-refractivity contribution < 1.29 is 22.7 Å². The fraction of sp³-hybridized carbons (Fsp3) is 0.250. The highest BCUT2D eigenvalue weighted by atomic mass is 127. The number of carbonyl (C=O) groups excluding carboxylic acids is 1. The second-order valence-corrected chi connectivity index (χ2v) is 3.91. The third-order valence-electron chi connectivity index (χ3n) is 1.57. The third kappa shape index (κ3) is 3.21. The van der Waals surface area contributed by atoms with Crippen LogP contribution in [0.2, 0.25) is 0 Å². The van der Waals surface area contributed by atoms with Gasteiger partial charge in [0.2, 0.25) is 0 Å². The Balaban J connectivity index is 3.31. The molecule has 3 nitrogen and oxygen atoms in total. The Bertz CT molecular complexity index is 411. The molecule has 0 saturated heterocycles. The van der Waals surface area contributed by atoms with Gasteiger partial charge in [-0.2, -0.15) is 0 Å². The van der Waals surface area contributed by atoms with Crippen molar-refractivity contribution in [3.63, 3.8) is 0 Å². The summed E-state index contributed by atoms with van der Waals surface area (Å²) in [5.41, 5.74) is -0.238. The van der Waals surface area contributed by atoms with Crippen LogP contribution < -0.4 is 4.74 Å². The first-order chi connectivity index (χ1) is 7.39. The molecule has 0 atom stereocenters. The van der Waals surface area contributed by atoms with Crippen molar-refractivity contribution in [3.8, 4) is 5.75 Å². The van der Waals surface area contributed by atoms with Crippen molar-refractivity contribution in [2.24, 2.45) is 0 Å². The van der Waals surface area contributed by atoms with Crippen LogP contribution in [0.3, 0.4) is 0 Å². The lowest BCUT2D eigenvalue weighted by molar-refractivity contribution is -0.275. The van der Waals surface area contributed by atoms with Crippen molar-refractivity contribution in [1.29, 1.82) is 0 Å². The summed E-state index contributed by atoms with van der Waals surface area (Å²) in [6.45, 7) is 0. The second kappa shape index (κ2) is 5.17. The van der Waals surface area contributed by atoms with E-state index in [9.17, 15) is 18.0 Å². The molecule has 1 aromatic rings. The normalized spacial score (nSPS) is 11.3. The van der Waals surface area contributed by atoms with Gasteiger partial charge in [-0.1, -0.05) is 0 Å². The maximum atomic E-state index is 12.1. The maximum absolute atomic E-state index is 12.1. The van der Waals surface area contributed by atoms with Crippen molar-refractivity contribution in [2.45, 2.75) is 12.2 Å². The van der Waals surface area contributed by atoms with Gasteiger partial charge < -0.3 is 4.74 Å². The molecule has 0 aliphatic carbocycles. The van der Waals surface area contributed by atoms with E-state index in [4.69, 9.17) is 11.6 Å². The first-order valence-electron chi connectivity index (χ1n) is 3.83. The number of alkyl halides is 4. The van der Waals surface area contributed by atoms with Crippen LogP contribution in [0.15, 0.2) is 6.20 Å². The van der Waals surface area contributed by atoms with E-state index >= 15 is 0 Å². The lowest BCUT2D eigenvalue weighted by Gasteiger charge is -2.14. The number of hydrogen-bond acceptors (Lipinski definition) is 3. The van der Waals surface area contributed by atoms with Gasteiger partial charge in [-0.05, 0) is 22.6 Å². The number of halogens is 5. The molecule has 0 saturated carbocycles. The Hall–Kier alpha value is -0.570. The van der Waals surface area contributed by atoms with E-state index in [0.29, 0.717) is 0 Å². The Morgan fingerprint density at radius 1 is 1.56 bits per heavy atom. The Morgan fingerprint density at radius 2 is 2.19 bits per heavy atom. The first kappa shape index (κ1) is 13.5. The molecule has 16 heavy (non-hydrogen) atoms. The van der Waals surface area contributed by atoms with Gasteiger partial charge in [0.25, 0.3) is 0 Å². The molecule has 0 radical (unpaired) electrons. The average molecular weight is 365 g/mol. The summed E-state index contributed by atoms with van der Waals surface area (Å²) in [4.78, 5) is 14.4. The molecular weight excluding hydrogens is 361 g/mol. The number of ether oxygens (including phenoxy) is 1. The van der Waals surface area contributed by atoms with Crippen LogP contribution in [-0.4, -0.2) is 17.6 Å². The molecule has 1 heterocycles. The molecule has 0 aliphatic heterocycles. The van der Waals surface area contributed by atoms with Crippen molar-refractivity contribution >= 4 is 40.5 Å². The molecule has 0 aromatic carbocycles. The Labute approximate surface area is 107 Å². The SMILES string of the molecule is O=Cc1c(I)ncc(CCl)c1OC(F)(F)F. The van der Waals surface area contributed by atoms with Crippen LogP contribution in [0.5, 0.6) is 5.75 Å². The molecule has 0 unspecified atom stereocenters. The maximum Gasteiger partial charge on any atom is 0.573 e. The summed E-state index contributed by atoms with van der Waals surface area (Å²) in [5.74, 6) is -0.812. The van der Waals surface area contributed by atoms with Crippen molar-refractivity contribution in [2.75, 3.05) is 0 Å². The number of hydrogen-bond donors (Lipinski definition) is 0. The van der Waals surface area contributed by atoms with Gasteiger partial charge in [-0.15, -0.1) is 24.8 Å². The summed E-state index contributed by atoms with van der Waals surface area (Å²) in [6.07, 6.45) is -3.47. The minimum absolute atomic E-state index is 0.0153. The van der Waals surface area contributed by atoms with Crippen LogP contribution in [0.4, 0.5) is 13.2 Å². The fourth-order valence-corrected chi connectivity index (χ4v) is 1.66.